The van der Waals surface area contributed by atoms with Gasteiger partial charge in [0.1, 0.15) is 12.1 Å². The number of carboxylic acid groups (broad SMARTS) is 1. The van der Waals surface area contributed by atoms with Gasteiger partial charge in [-0.3, -0.25) is 19.7 Å². The molecule has 210 valence electrons. The van der Waals surface area contributed by atoms with Crippen molar-refractivity contribution in [2.45, 2.75) is 51.7 Å². The van der Waals surface area contributed by atoms with E-state index in [0.29, 0.717) is 12.5 Å². The fourth-order valence-corrected chi connectivity index (χ4v) is 5.84. The lowest BCUT2D eigenvalue weighted by Gasteiger charge is -2.18. The van der Waals surface area contributed by atoms with E-state index in [-0.39, 0.29) is 25.5 Å². The molecule has 1 aliphatic carbocycles. The molecule has 1 aromatic heterocycles. The lowest BCUT2D eigenvalue weighted by molar-refractivity contribution is -0.140. The molecule has 3 aromatic rings. The summed E-state index contributed by atoms with van der Waals surface area (Å²) in [6.07, 6.45) is 4.34. The second kappa shape index (κ2) is 12.8. The van der Waals surface area contributed by atoms with E-state index in [4.69, 9.17) is 4.74 Å². The Morgan fingerprint density at radius 3 is 2.59 bits per heavy atom. The summed E-state index contributed by atoms with van der Waals surface area (Å²) in [6.45, 7) is 4.53. The zero-order valence-electron chi connectivity index (χ0n) is 23.2. The molecule has 2 heterocycles. The van der Waals surface area contributed by atoms with Crippen molar-refractivity contribution in [3.63, 3.8) is 0 Å². The monoisotopic (exact) mass is 567 g/mol. The van der Waals surface area contributed by atoms with Gasteiger partial charge in [-0.25, -0.2) is 0 Å². The SMILES string of the molecule is Cc1ccc(C#Cc2ccc(CC(=O)C(=O)CNC(CC3=CC(C)CCc4ccc(C5CO5)cc43)C(=O)O)s2)cc1. The first-order valence-corrected chi connectivity index (χ1v) is 14.7. The first-order valence-electron chi connectivity index (χ1n) is 13.9. The molecule has 0 bridgehead atoms. The van der Waals surface area contributed by atoms with Crippen LogP contribution in [0.15, 0.2) is 60.7 Å². The summed E-state index contributed by atoms with van der Waals surface area (Å²) >= 11 is 1.38. The number of hydrogen-bond acceptors (Lipinski definition) is 6. The van der Waals surface area contributed by atoms with E-state index in [9.17, 15) is 19.5 Å². The fourth-order valence-electron chi connectivity index (χ4n) is 4.98. The summed E-state index contributed by atoms with van der Waals surface area (Å²) in [6, 6.07) is 16.9. The van der Waals surface area contributed by atoms with E-state index < -0.39 is 23.6 Å². The molecule has 0 spiro atoms. The second-order valence-corrected chi connectivity index (χ2v) is 12.0. The zero-order chi connectivity index (χ0) is 28.9. The van der Waals surface area contributed by atoms with E-state index in [1.807, 2.05) is 37.3 Å². The summed E-state index contributed by atoms with van der Waals surface area (Å²) in [4.78, 5) is 39.1. The minimum atomic E-state index is -1.05. The Hall–Kier alpha value is -3.83. The Balaban J connectivity index is 1.20. The van der Waals surface area contributed by atoms with Gasteiger partial charge in [0, 0.05) is 16.9 Å². The number of benzene rings is 2. The maximum Gasteiger partial charge on any atom is 0.321 e. The molecule has 2 aromatic carbocycles. The van der Waals surface area contributed by atoms with Crippen LogP contribution in [0.25, 0.3) is 5.57 Å². The molecule has 2 aliphatic rings. The van der Waals surface area contributed by atoms with Crippen molar-refractivity contribution < 1.29 is 24.2 Å². The highest BCUT2D eigenvalue weighted by Gasteiger charge is 2.28. The lowest BCUT2D eigenvalue weighted by atomic mass is 9.92. The minimum Gasteiger partial charge on any atom is -0.480 e. The predicted molar refractivity (Wildman–Crippen MR) is 160 cm³/mol. The number of carbonyl (C=O) groups is 3. The number of ether oxygens (including phenoxy) is 1. The summed E-state index contributed by atoms with van der Waals surface area (Å²) in [5, 5.41) is 12.8. The van der Waals surface area contributed by atoms with Crippen LogP contribution in [0.5, 0.6) is 0 Å². The normalized spacial score (nSPS) is 18.2. The van der Waals surface area contributed by atoms with Gasteiger partial charge >= 0.3 is 5.97 Å². The van der Waals surface area contributed by atoms with Crippen molar-refractivity contribution >= 4 is 34.4 Å². The Bertz CT molecular complexity index is 1550. The summed E-state index contributed by atoms with van der Waals surface area (Å²) in [7, 11) is 0. The van der Waals surface area contributed by atoms with Crippen LogP contribution >= 0.6 is 11.3 Å². The molecule has 5 rings (SSSR count). The van der Waals surface area contributed by atoms with Gasteiger partial charge in [-0.05, 0) is 84.7 Å². The number of epoxide rings is 1. The molecule has 0 amide bonds. The van der Waals surface area contributed by atoms with Gasteiger partial charge in [-0.1, -0.05) is 54.7 Å². The maximum absolute atomic E-state index is 12.7. The highest BCUT2D eigenvalue weighted by atomic mass is 32.1. The van der Waals surface area contributed by atoms with Crippen molar-refractivity contribution in [1.29, 1.82) is 0 Å². The molecule has 1 saturated heterocycles. The van der Waals surface area contributed by atoms with Crippen LogP contribution in [0.4, 0.5) is 0 Å². The minimum absolute atomic E-state index is 0.0306. The molecule has 41 heavy (non-hydrogen) atoms. The van der Waals surface area contributed by atoms with Crippen LogP contribution in [0.1, 0.15) is 63.4 Å². The van der Waals surface area contributed by atoms with Gasteiger partial charge in [-0.2, -0.15) is 0 Å². The van der Waals surface area contributed by atoms with Crippen molar-refractivity contribution in [3.05, 3.63) is 98.2 Å². The number of nitrogens with one attached hydrogen (secondary N) is 1. The van der Waals surface area contributed by atoms with Gasteiger partial charge in [0.25, 0.3) is 0 Å². The number of rotatable bonds is 10. The average molecular weight is 568 g/mol. The number of carbonyl (C=O) groups excluding carboxylic acids is 2. The van der Waals surface area contributed by atoms with E-state index in [1.165, 1.54) is 22.5 Å². The third kappa shape index (κ3) is 7.68. The van der Waals surface area contributed by atoms with Crippen molar-refractivity contribution in [2.24, 2.45) is 5.92 Å². The number of aliphatic carboxylic acids is 1. The third-order valence-corrected chi connectivity index (χ3v) is 8.46. The number of ketones is 2. The maximum atomic E-state index is 12.7. The topological polar surface area (TPSA) is 96.0 Å². The van der Waals surface area contributed by atoms with E-state index in [1.54, 1.807) is 6.07 Å². The highest BCUT2D eigenvalue weighted by Crippen LogP contribution is 2.36. The summed E-state index contributed by atoms with van der Waals surface area (Å²) in [5.41, 5.74) is 6.37. The van der Waals surface area contributed by atoms with E-state index in [2.05, 4.69) is 48.4 Å². The van der Waals surface area contributed by atoms with Crippen LogP contribution in [-0.4, -0.2) is 41.8 Å². The van der Waals surface area contributed by atoms with Gasteiger partial charge in [0.15, 0.2) is 0 Å². The standard InChI is InChI=1S/C34H33NO5S/c1-21-3-6-23(7-4-21)8-12-27-13-14-28(41-27)18-31(36)32(37)19-35-30(34(38)39)17-26-15-22(2)5-9-24-10-11-25(16-29(24)26)33-20-40-33/h3-4,6-7,10-11,13-16,22,30,33,35H,5,9,17-20H2,1-2H3,(H,38,39). The highest BCUT2D eigenvalue weighted by molar-refractivity contribution is 7.12. The number of carboxylic acids is 1. The Morgan fingerprint density at radius 2 is 1.85 bits per heavy atom. The van der Waals surface area contributed by atoms with Crippen molar-refractivity contribution in [1.82, 2.24) is 5.32 Å². The van der Waals surface area contributed by atoms with E-state index >= 15 is 0 Å². The average Bonchev–Trinajstić information content (AvgIpc) is 3.74. The molecule has 3 unspecified atom stereocenters. The molecule has 0 saturated carbocycles. The lowest BCUT2D eigenvalue weighted by Crippen LogP contribution is -2.41. The smallest absolute Gasteiger partial charge is 0.321 e. The number of thiophene rings is 1. The zero-order valence-corrected chi connectivity index (χ0v) is 24.1. The molecular weight excluding hydrogens is 534 g/mol. The van der Waals surface area contributed by atoms with Gasteiger partial charge < -0.3 is 9.84 Å². The quantitative estimate of drug-likeness (QED) is 0.196. The van der Waals surface area contributed by atoms with Crippen molar-refractivity contribution in [3.8, 4) is 11.8 Å². The van der Waals surface area contributed by atoms with Crippen LogP contribution in [0.2, 0.25) is 0 Å². The molecule has 7 heteroatoms. The molecule has 1 fully saturated rings. The Morgan fingerprint density at radius 1 is 1.07 bits per heavy atom. The van der Waals surface area contributed by atoms with Gasteiger partial charge in [0.2, 0.25) is 11.6 Å². The number of hydrogen-bond donors (Lipinski definition) is 2. The van der Waals surface area contributed by atoms with E-state index in [0.717, 1.165) is 44.9 Å². The van der Waals surface area contributed by atoms with Crippen LogP contribution < -0.4 is 5.32 Å². The first-order chi connectivity index (χ1) is 19.7. The molecular formula is C34H33NO5S. The predicted octanol–water partition coefficient (Wildman–Crippen LogP) is 5.31. The Labute approximate surface area is 244 Å². The van der Waals surface area contributed by atoms with Gasteiger partial charge in [-0.15, -0.1) is 11.3 Å². The molecule has 3 atom stereocenters. The second-order valence-electron chi connectivity index (χ2n) is 10.8. The Kier molecular flexibility index (Phi) is 8.94. The third-order valence-electron chi connectivity index (χ3n) is 7.46. The molecule has 6 nitrogen and oxygen atoms in total. The summed E-state index contributed by atoms with van der Waals surface area (Å²) in [5.74, 6) is 4.28. The fraction of sp³-hybridized carbons (Fsp3) is 0.324. The van der Waals surface area contributed by atoms with Crippen LogP contribution in [-0.2, 0) is 32.0 Å². The molecule has 0 radical (unpaired) electrons. The molecule has 1 aliphatic heterocycles. The molecule has 2 N–H and O–H groups in total. The largest absolute Gasteiger partial charge is 0.480 e. The first kappa shape index (κ1) is 28.7. The number of Topliss-reactive ketones (excluding diaryl/α,β-unsaturated/α-hetero) is 2. The van der Waals surface area contributed by atoms with Gasteiger partial charge in [0.05, 0.1) is 18.0 Å². The van der Waals surface area contributed by atoms with Crippen LogP contribution in [0, 0.1) is 24.7 Å². The number of aryl methyl sites for hydroxylation is 2. The number of allylic oxidation sites excluding steroid dienone is 1. The number of fused-ring (bicyclic) bond motifs is 1. The van der Waals surface area contributed by atoms with Crippen molar-refractivity contribution in [2.75, 3.05) is 13.2 Å². The summed E-state index contributed by atoms with van der Waals surface area (Å²) < 4.78 is 5.46. The van der Waals surface area contributed by atoms with Crippen LogP contribution in [0.3, 0.4) is 0 Å².